The highest BCUT2D eigenvalue weighted by atomic mass is 15.1. The lowest BCUT2D eigenvalue weighted by atomic mass is 9.97. The summed E-state index contributed by atoms with van der Waals surface area (Å²) in [5.74, 6) is 0.586. The van der Waals surface area contributed by atoms with E-state index in [4.69, 9.17) is 21.8 Å². The average Bonchev–Trinajstić information content (AvgIpc) is 3.90. The summed E-state index contributed by atoms with van der Waals surface area (Å²) in [6, 6.07) is 58.0. The maximum absolute atomic E-state index is 8.99. The molecule has 0 amide bonds. The number of nitrogens with zero attached hydrogens (tertiary/aromatic N) is 5. The van der Waals surface area contributed by atoms with Crippen LogP contribution in [0.2, 0.25) is 0 Å². The van der Waals surface area contributed by atoms with Gasteiger partial charge in [0.25, 0.3) is 0 Å². The van der Waals surface area contributed by atoms with E-state index in [2.05, 4.69) is 124 Å². The van der Waals surface area contributed by atoms with Crippen molar-refractivity contribution in [3.63, 3.8) is 0 Å². The van der Waals surface area contributed by atoms with Crippen LogP contribution in [0.1, 0.15) is 24.2 Å². The molecule has 0 N–H and O–H groups in total. The Morgan fingerprint density at radius 2 is 1.00 bits per heavy atom. The molecule has 292 valence electrons. The molecule has 11 aromatic rings. The molecule has 1 atom stereocenters. The van der Waals surface area contributed by atoms with Crippen molar-refractivity contribution in [2.24, 2.45) is 0 Å². The van der Waals surface area contributed by atoms with E-state index in [1.165, 1.54) is 33.1 Å². The van der Waals surface area contributed by atoms with Crippen molar-refractivity contribution < 1.29 is 6.85 Å². The molecule has 0 spiro atoms. The van der Waals surface area contributed by atoms with E-state index in [0.717, 1.165) is 45.3 Å². The van der Waals surface area contributed by atoms with Gasteiger partial charge >= 0.3 is 0 Å². The predicted octanol–water partition coefficient (Wildman–Crippen LogP) is 14.1. The molecular formula is C57H39N5. The lowest BCUT2D eigenvalue weighted by Crippen LogP contribution is -2.15. The van der Waals surface area contributed by atoms with Crippen molar-refractivity contribution in [2.75, 3.05) is 0 Å². The molecule has 0 fully saturated rings. The molecule has 5 heteroatoms. The molecule has 0 radical (unpaired) electrons. The highest BCUT2D eigenvalue weighted by molar-refractivity contribution is 6.08. The van der Waals surface area contributed by atoms with E-state index in [9.17, 15) is 0 Å². The Balaban J connectivity index is 1.08. The van der Waals surface area contributed by atoms with Crippen molar-refractivity contribution >= 4 is 38.8 Å². The number of fused-ring (bicyclic) bond motifs is 6. The smallest absolute Gasteiger partial charge is 0.164 e. The standard InChI is InChI=1S/C57H39N5/c1-4-16-38(17-5-1)39-28-30-42(31-29-39)56-58-55(41-20-8-3-9-21-41)59-57(60-56)50-36-43(32-34-45(50)40-18-6-2-7-19-40)62-53-27-15-12-24-48(53)49-35-33-44(37-54(49)62)61-51-25-13-10-22-46(51)47-23-11-14-26-52(47)61/h1-36,44H,37H2/i3D,8D,9D,20D,21D. The highest BCUT2D eigenvalue weighted by Crippen LogP contribution is 2.42. The number of benzene rings is 8. The first-order chi connectivity index (χ1) is 32.8. The molecule has 0 saturated carbocycles. The first-order valence-corrected chi connectivity index (χ1v) is 20.8. The first-order valence-electron chi connectivity index (χ1n) is 23.3. The summed E-state index contributed by atoms with van der Waals surface area (Å²) in [6.45, 7) is 0. The van der Waals surface area contributed by atoms with Gasteiger partial charge in [-0.15, -0.1) is 0 Å². The number of para-hydroxylation sites is 3. The van der Waals surface area contributed by atoms with E-state index < -0.39 is 18.1 Å². The first kappa shape index (κ1) is 30.8. The highest BCUT2D eigenvalue weighted by Gasteiger charge is 2.27. The van der Waals surface area contributed by atoms with E-state index in [1.807, 2.05) is 72.8 Å². The molecule has 8 aromatic carbocycles. The summed E-state index contributed by atoms with van der Waals surface area (Å²) < 4.78 is 48.3. The molecule has 3 heterocycles. The van der Waals surface area contributed by atoms with E-state index in [1.54, 1.807) is 0 Å². The second-order valence-corrected chi connectivity index (χ2v) is 15.6. The number of rotatable bonds is 7. The second kappa shape index (κ2) is 14.8. The number of hydrogen-bond acceptors (Lipinski definition) is 3. The maximum atomic E-state index is 8.99. The summed E-state index contributed by atoms with van der Waals surface area (Å²) >= 11 is 0. The molecule has 3 aromatic heterocycles. The zero-order valence-corrected chi connectivity index (χ0v) is 33.4. The summed E-state index contributed by atoms with van der Waals surface area (Å²) in [6.07, 6.45) is 5.34. The Hall–Kier alpha value is -8.15. The monoisotopic (exact) mass is 798 g/mol. The van der Waals surface area contributed by atoms with E-state index in [0.29, 0.717) is 22.8 Å². The number of aromatic nitrogens is 5. The van der Waals surface area contributed by atoms with Crippen LogP contribution in [0.5, 0.6) is 0 Å². The zero-order chi connectivity index (χ0) is 45.3. The molecule has 0 saturated heterocycles. The van der Waals surface area contributed by atoms with Crippen molar-refractivity contribution in [2.45, 2.75) is 12.5 Å². The van der Waals surface area contributed by atoms with Gasteiger partial charge in [-0.05, 0) is 52.6 Å². The van der Waals surface area contributed by atoms with Gasteiger partial charge in [-0.1, -0.05) is 188 Å². The van der Waals surface area contributed by atoms with Gasteiger partial charge in [-0.25, -0.2) is 15.0 Å². The largest absolute Gasteiger partial charge is 0.333 e. The lowest BCUT2D eigenvalue weighted by molar-refractivity contribution is 0.620. The van der Waals surface area contributed by atoms with E-state index >= 15 is 0 Å². The predicted molar refractivity (Wildman–Crippen MR) is 255 cm³/mol. The Labute approximate surface area is 366 Å². The van der Waals surface area contributed by atoms with Crippen molar-refractivity contribution in [1.29, 1.82) is 0 Å². The van der Waals surface area contributed by atoms with Crippen molar-refractivity contribution in [3.8, 4) is 62.1 Å². The molecule has 12 rings (SSSR count). The van der Waals surface area contributed by atoms with Gasteiger partial charge in [-0.2, -0.15) is 0 Å². The summed E-state index contributed by atoms with van der Waals surface area (Å²) in [5, 5.41) is 3.60. The maximum Gasteiger partial charge on any atom is 0.164 e. The van der Waals surface area contributed by atoms with Crippen LogP contribution >= 0.6 is 0 Å². The zero-order valence-electron chi connectivity index (χ0n) is 38.4. The van der Waals surface area contributed by atoms with Gasteiger partial charge in [-0.3, -0.25) is 0 Å². The van der Waals surface area contributed by atoms with Crippen LogP contribution in [0.3, 0.4) is 0 Å². The van der Waals surface area contributed by atoms with Crippen LogP contribution in [-0.2, 0) is 6.42 Å². The van der Waals surface area contributed by atoms with Gasteiger partial charge in [0.05, 0.1) is 18.4 Å². The molecule has 0 bridgehead atoms. The fraction of sp³-hybridized carbons (Fsp3) is 0.0351. The van der Waals surface area contributed by atoms with E-state index in [-0.39, 0.29) is 29.5 Å². The van der Waals surface area contributed by atoms with Crippen LogP contribution in [-0.4, -0.2) is 24.1 Å². The van der Waals surface area contributed by atoms with Crippen LogP contribution in [0.15, 0.2) is 212 Å². The van der Waals surface area contributed by atoms with Gasteiger partial charge in [0.1, 0.15) is 0 Å². The fourth-order valence-electron chi connectivity index (χ4n) is 9.23. The Morgan fingerprint density at radius 3 is 1.69 bits per heavy atom. The minimum Gasteiger partial charge on any atom is -0.333 e. The van der Waals surface area contributed by atoms with Gasteiger partial charge in [0.15, 0.2) is 17.5 Å². The fourth-order valence-corrected chi connectivity index (χ4v) is 9.23. The van der Waals surface area contributed by atoms with Crippen LogP contribution in [0.4, 0.5) is 0 Å². The third-order valence-corrected chi connectivity index (χ3v) is 12.0. The summed E-state index contributed by atoms with van der Waals surface area (Å²) in [7, 11) is 0. The van der Waals surface area contributed by atoms with Gasteiger partial charge < -0.3 is 9.13 Å². The molecule has 1 aliphatic rings. The molecule has 1 aliphatic carbocycles. The van der Waals surface area contributed by atoms with Crippen LogP contribution in [0.25, 0.3) is 101 Å². The minimum atomic E-state index is -0.485. The van der Waals surface area contributed by atoms with Crippen LogP contribution in [0, 0.1) is 0 Å². The molecule has 1 unspecified atom stereocenters. The van der Waals surface area contributed by atoms with Gasteiger partial charge in [0, 0.05) is 67.2 Å². The topological polar surface area (TPSA) is 48.5 Å². The minimum absolute atomic E-state index is 0.0171. The Bertz CT molecular complexity index is 3700. The molecule has 0 aliphatic heterocycles. The van der Waals surface area contributed by atoms with Crippen LogP contribution < -0.4 is 0 Å². The molecular weight excluding hydrogens is 755 g/mol. The lowest BCUT2D eigenvalue weighted by Gasteiger charge is -2.24. The molecule has 62 heavy (non-hydrogen) atoms. The number of hydrogen-bond donors (Lipinski definition) is 0. The summed E-state index contributed by atoms with van der Waals surface area (Å²) in [4.78, 5) is 15.1. The number of allylic oxidation sites excluding steroid dienone is 1. The molecule has 5 nitrogen and oxygen atoms in total. The SMILES string of the molecule is [2H]c1c([2H])c([2H])c(-c2nc(-c3ccc(-c4ccccc4)cc3)nc(-c3cc(-n4c5c(c6ccccc64)C=CC(n4c6ccccc6c6ccccc64)C5)ccc3-c3ccccc3)n2)c([2H])c1[2H]. The normalized spacial score (nSPS) is 14.6. The quantitative estimate of drug-likeness (QED) is 0.161. The Morgan fingerprint density at radius 1 is 0.452 bits per heavy atom. The third kappa shape index (κ3) is 6.05. The summed E-state index contributed by atoms with van der Waals surface area (Å²) in [5.41, 5.74) is 11.8. The van der Waals surface area contributed by atoms with Crippen molar-refractivity contribution in [3.05, 3.63) is 223 Å². The Kier molecular flexibility index (Phi) is 7.38. The third-order valence-electron chi connectivity index (χ3n) is 12.0. The van der Waals surface area contributed by atoms with Crippen molar-refractivity contribution in [1.82, 2.24) is 24.1 Å². The average molecular weight is 799 g/mol. The van der Waals surface area contributed by atoms with Gasteiger partial charge in [0.2, 0.25) is 0 Å². The second-order valence-electron chi connectivity index (χ2n) is 15.6.